The van der Waals surface area contributed by atoms with Crippen molar-refractivity contribution in [3.63, 3.8) is 0 Å². The number of hydrogen-bond acceptors (Lipinski definition) is 8. The Hall–Kier alpha value is -1.81. The predicted octanol–water partition coefficient (Wildman–Crippen LogP) is 0.699. The molecule has 0 amide bonds. The molecule has 2 fully saturated rings. The van der Waals surface area contributed by atoms with Crippen molar-refractivity contribution in [3.8, 4) is 0 Å². The highest BCUT2D eigenvalue weighted by atomic mass is 32.2. The second-order valence-corrected chi connectivity index (χ2v) is 9.33. The van der Waals surface area contributed by atoms with Crippen LogP contribution in [0.25, 0.3) is 0 Å². The lowest BCUT2D eigenvalue weighted by atomic mass is 10.0. The Morgan fingerprint density at radius 2 is 1.78 bits per heavy atom. The Labute approximate surface area is 159 Å². The van der Waals surface area contributed by atoms with Crippen LogP contribution in [-0.2, 0) is 34.3 Å². The van der Waals surface area contributed by atoms with E-state index in [4.69, 9.17) is 9.26 Å². The Kier molecular flexibility index (Phi) is 5.27. The lowest BCUT2D eigenvalue weighted by Crippen LogP contribution is -2.58. The first kappa shape index (κ1) is 18.5. The van der Waals surface area contributed by atoms with Gasteiger partial charge in [-0.3, -0.25) is 9.80 Å². The fourth-order valence-corrected chi connectivity index (χ4v) is 6.07. The van der Waals surface area contributed by atoms with Crippen molar-refractivity contribution in [2.75, 3.05) is 31.7 Å². The molecule has 2 atom stereocenters. The van der Waals surface area contributed by atoms with E-state index in [1.165, 1.54) is 5.56 Å². The van der Waals surface area contributed by atoms with Crippen molar-refractivity contribution in [1.29, 1.82) is 0 Å². The first-order valence-corrected chi connectivity index (χ1v) is 10.9. The number of rotatable bonds is 6. The molecule has 9 heteroatoms. The molecular weight excluding hydrogens is 368 g/mol. The highest BCUT2D eigenvalue weighted by Crippen LogP contribution is 2.29. The molecular formula is C18H24N4O4S. The van der Waals surface area contributed by atoms with Crippen molar-refractivity contribution in [3.05, 3.63) is 47.6 Å². The summed E-state index contributed by atoms with van der Waals surface area (Å²) < 4.78 is 35.0. The van der Waals surface area contributed by atoms with Gasteiger partial charge in [0.05, 0.1) is 18.1 Å². The Bertz CT molecular complexity index is 870. The van der Waals surface area contributed by atoms with Gasteiger partial charge in [-0.15, -0.1) is 0 Å². The van der Waals surface area contributed by atoms with E-state index in [2.05, 4.69) is 32.1 Å². The average Bonchev–Trinajstić information content (AvgIpc) is 3.21. The molecule has 8 nitrogen and oxygen atoms in total. The number of aromatic nitrogens is 2. The van der Waals surface area contributed by atoms with E-state index in [1.807, 2.05) is 18.2 Å². The zero-order valence-corrected chi connectivity index (χ0v) is 16.1. The summed E-state index contributed by atoms with van der Waals surface area (Å²) in [6, 6.07) is 10.1. The van der Waals surface area contributed by atoms with E-state index in [1.54, 1.807) is 7.11 Å². The zero-order chi connectivity index (χ0) is 18.9. The standard InChI is InChI=1S/C18H24N4O4S/c1-25-11-17-19-18(26-20-17)10-22-8-7-21(9-14-5-3-2-4-6-14)15-12-27(23,24)13-16(15)22/h2-6,15-16H,7-13H2,1H3/t15-,16+/m0/s1. The number of ether oxygens (including phenoxy) is 1. The molecule has 4 rings (SSSR count). The molecule has 0 radical (unpaired) electrons. The van der Waals surface area contributed by atoms with Crippen molar-refractivity contribution in [1.82, 2.24) is 19.9 Å². The van der Waals surface area contributed by atoms with Gasteiger partial charge in [0.1, 0.15) is 6.61 Å². The smallest absolute Gasteiger partial charge is 0.240 e. The van der Waals surface area contributed by atoms with Crippen LogP contribution in [0.5, 0.6) is 0 Å². The maximum Gasteiger partial charge on any atom is 0.240 e. The molecule has 146 valence electrons. The summed E-state index contributed by atoms with van der Waals surface area (Å²) >= 11 is 0. The Morgan fingerprint density at radius 3 is 2.44 bits per heavy atom. The summed E-state index contributed by atoms with van der Waals surface area (Å²) in [7, 11) is -1.47. The third kappa shape index (κ3) is 4.21. The summed E-state index contributed by atoms with van der Waals surface area (Å²) in [5, 5.41) is 3.89. The molecule has 2 aliphatic rings. The Morgan fingerprint density at radius 1 is 1.11 bits per heavy atom. The quantitative estimate of drug-likeness (QED) is 0.710. The van der Waals surface area contributed by atoms with Gasteiger partial charge in [-0.2, -0.15) is 4.98 Å². The molecule has 2 aromatic rings. The average molecular weight is 392 g/mol. The van der Waals surface area contributed by atoms with E-state index in [0.717, 1.165) is 19.6 Å². The summed E-state index contributed by atoms with van der Waals surface area (Å²) in [4.78, 5) is 8.79. The molecule has 0 bridgehead atoms. The minimum Gasteiger partial charge on any atom is -0.377 e. The largest absolute Gasteiger partial charge is 0.377 e. The molecule has 0 N–H and O–H groups in total. The zero-order valence-electron chi connectivity index (χ0n) is 15.3. The number of fused-ring (bicyclic) bond motifs is 1. The van der Waals surface area contributed by atoms with Gasteiger partial charge in [-0.05, 0) is 5.56 Å². The fraction of sp³-hybridized carbons (Fsp3) is 0.556. The van der Waals surface area contributed by atoms with Gasteiger partial charge in [-0.25, -0.2) is 8.42 Å². The number of piperazine rings is 1. The van der Waals surface area contributed by atoms with Crippen molar-refractivity contribution >= 4 is 9.84 Å². The van der Waals surface area contributed by atoms with E-state index in [-0.39, 0.29) is 23.6 Å². The van der Waals surface area contributed by atoms with Gasteiger partial charge < -0.3 is 9.26 Å². The van der Waals surface area contributed by atoms with Crippen LogP contribution in [-0.4, -0.2) is 72.1 Å². The van der Waals surface area contributed by atoms with E-state index in [9.17, 15) is 8.42 Å². The summed E-state index contributed by atoms with van der Waals surface area (Å²) in [5.41, 5.74) is 1.20. The highest BCUT2D eigenvalue weighted by Gasteiger charge is 2.46. The Balaban J connectivity index is 1.49. The first-order valence-electron chi connectivity index (χ1n) is 9.07. The first-order chi connectivity index (χ1) is 13.0. The molecule has 2 saturated heterocycles. The third-order valence-corrected chi connectivity index (χ3v) is 6.96. The van der Waals surface area contributed by atoms with Gasteiger partial charge in [0, 0.05) is 38.8 Å². The highest BCUT2D eigenvalue weighted by molar-refractivity contribution is 7.91. The van der Waals surface area contributed by atoms with Gasteiger partial charge >= 0.3 is 0 Å². The minimum atomic E-state index is -3.05. The van der Waals surface area contributed by atoms with Crippen molar-refractivity contribution in [2.45, 2.75) is 31.8 Å². The molecule has 1 aromatic carbocycles. The molecule has 27 heavy (non-hydrogen) atoms. The topological polar surface area (TPSA) is 88.8 Å². The number of benzene rings is 1. The fourth-order valence-electron chi connectivity index (χ4n) is 4.02. The number of methoxy groups -OCH3 is 1. The van der Waals surface area contributed by atoms with E-state index >= 15 is 0 Å². The van der Waals surface area contributed by atoms with Crippen molar-refractivity contribution in [2.24, 2.45) is 0 Å². The van der Waals surface area contributed by atoms with E-state index < -0.39 is 9.84 Å². The maximum absolute atomic E-state index is 12.4. The second-order valence-electron chi connectivity index (χ2n) is 7.18. The SMILES string of the molecule is COCc1noc(CN2CCN(Cc3ccccc3)[C@H]3CS(=O)(=O)C[C@H]32)n1. The van der Waals surface area contributed by atoms with Crippen LogP contribution in [0, 0.1) is 0 Å². The molecule has 0 spiro atoms. The van der Waals surface area contributed by atoms with Crippen LogP contribution in [0.1, 0.15) is 17.3 Å². The van der Waals surface area contributed by atoms with Crippen LogP contribution in [0.4, 0.5) is 0 Å². The monoisotopic (exact) mass is 392 g/mol. The number of sulfone groups is 1. The summed E-state index contributed by atoms with van der Waals surface area (Å²) in [6.45, 7) is 3.11. The lowest BCUT2D eigenvalue weighted by molar-refractivity contribution is 0.0296. The maximum atomic E-state index is 12.4. The summed E-state index contributed by atoms with van der Waals surface area (Å²) in [6.07, 6.45) is 0. The number of nitrogens with zero attached hydrogens (tertiary/aromatic N) is 4. The van der Waals surface area contributed by atoms with Gasteiger partial charge in [-0.1, -0.05) is 35.5 Å². The summed E-state index contributed by atoms with van der Waals surface area (Å²) in [5.74, 6) is 1.40. The molecule has 0 unspecified atom stereocenters. The van der Waals surface area contributed by atoms with Gasteiger partial charge in [0.15, 0.2) is 15.7 Å². The van der Waals surface area contributed by atoms with Crippen LogP contribution in [0.2, 0.25) is 0 Å². The molecule has 2 aliphatic heterocycles. The lowest BCUT2D eigenvalue weighted by Gasteiger charge is -2.43. The van der Waals surface area contributed by atoms with Crippen molar-refractivity contribution < 1.29 is 17.7 Å². The molecule has 0 saturated carbocycles. The van der Waals surface area contributed by atoms with Gasteiger partial charge in [0.25, 0.3) is 0 Å². The van der Waals surface area contributed by atoms with Crippen LogP contribution < -0.4 is 0 Å². The van der Waals surface area contributed by atoms with Crippen LogP contribution >= 0.6 is 0 Å². The molecule has 0 aliphatic carbocycles. The molecule has 1 aromatic heterocycles. The van der Waals surface area contributed by atoms with Crippen LogP contribution in [0.3, 0.4) is 0 Å². The minimum absolute atomic E-state index is 0.00896. The second kappa shape index (κ2) is 7.67. The van der Waals surface area contributed by atoms with Gasteiger partial charge in [0.2, 0.25) is 5.89 Å². The third-order valence-electron chi connectivity index (χ3n) is 5.26. The number of hydrogen-bond donors (Lipinski definition) is 0. The predicted molar refractivity (Wildman–Crippen MR) is 98.5 cm³/mol. The van der Waals surface area contributed by atoms with Crippen LogP contribution in [0.15, 0.2) is 34.9 Å². The normalized spacial score (nSPS) is 25.5. The van der Waals surface area contributed by atoms with E-state index in [0.29, 0.717) is 24.9 Å². The molecule has 3 heterocycles.